The van der Waals surface area contributed by atoms with E-state index in [2.05, 4.69) is 11.5 Å². The minimum Gasteiger partial charge on any atom is -0.274 e. The smallest absolute Gasteiger partial charge is 0.117 e. The molecule has 0 unspecified atom stereocenters. The first-order chi connectivity index (χ1) is 3.00. The number of rotatable bonds is 0. The fraction of sp³-hybridized carbons (Fsp3) is 0.500. The molecule has 0 spiro atoms. The van der Waals surface area contributed by atoms with E-state index in [0.717, 1.165) is 12.2 Å². The first kappa shape index (κ1) is 4.19. The third kappa shape index (κ3) is 1.01. The maximum Gasteiger partial charge on any atom is 0.117 e. The molecule has 0 saturated carbocycles. The molecule has 0 aromatic heterocycles. The highest BCUT2D eigenvalue weighted by Crippen LogP contribution is 2.06. The summed E-state index contributed by atoms with van der Waals surface area (Å²) in [5.41, 5.74) is 1.82. The van der Waals surface area contributed by atoms with E-state index in [1.807, 2.05) is 5.55 Å². The Kier molecular flexibility index (Phi) is 1.56. The molecule has 1 rings (SSSR count). The van der Waals surface area contributed by atoms with E-state index in [4.69, 9.17) is 0 Å². The van der Waals surface area contributed by atoms with Crippen LogP contribution in [0.15, 0.2) is 4.99 Å². The van der Waals surface area contributed by atoms with Gasteiger partial charge in [0.15, 0.2) is 0 Å². The summed E-state index contributed by atoms with van der Waals surface area (Å²) < 4.78 is 0. The van der Waals surface area contributed by atoms with Gasteiger partial charge in [-0.3, -0.25) is 4.99 Å². The van der Waals surface area contributed by atoms with Crippen LogP contribution in [-0.2, 0) is 0 Å². The van der Waals surface area contributed by atoms with Gasteiger partial charge in [-0.2, -0.15) is 0 Å². The van der Waals surface area contributed by atoms with E-state index < -0.39 is 0 Å². The second-order valence-corrected chi connectivity index (χ2v) is 1.97. The summed E-state index contributed by atoms with van der Waals surface area (Å²) in [7, 11) is 0. The van der Waals surface area contributed by atoms with Crippen molar-refractivity contribution in [3.8, 4) is 0 Å². The molecule has 0 aliphatic carbocycles. The fourth-order valence-corrected chi connectivity index (χ4v) is 0.760. The first-order valence-electron chi connectivity index (χ1n) is 1.86. The van der Waals surface area contributed by atoms with Crippen molar-refractivity contribution in [2.75, 3.05) is 5.75 Å². The Morgan fingerprint density at radius 3 is 3.00 bits per heavy atom. The van der Waals surface area contributed by atoms with Crippen molar-refractivity contribution in [1.82, 2.24) is 0 Å². The molecule has 0 saturated heterocycles. The van der Waals surface area contributed by atoms with Gasteiger partial charge in [-0.25, -0.2) is 0 Å². The van der Waals surface area contributed by atoms with Gasteiger partial charge in [0, 0.05) is 5.75 Å². The summed E-state index contributed by atoms with van der Waals surface area (Å²) in [6.07, 6.45) is 1.02. The summed E-state index contributed by atoms with van der Waals surface area (Å²) in [5, 5.41) is 0. The second-order valence-electron chi connectivity index (χ2n) is 1.01. The van der Waals surface area contributed by atoms with Crippen LogP contribution in [0.2, 0.25) is 0 Å². The molecule has 1 aliphatic rings. The van der Waals surface area contributed by atoms with Crippen molar-refractivity contribution < 1.29 is 0 Å². The van der Waals surface area contributed by atoms with Gasteiger partial charge in [0.1, 0.15) is 6.54 Å². The lowest BCUT2D eigenvalue weighted by atomic mass is 10.5. The van der Waals surface area contributed by atoms with Crippen molar-refractivity contribution >= 4 is 17.3 Å². The van der Waals surface area contributed by atoms with Crippen LogP contribution >= 0.6 is 11.8 Å². The van der Waals surface area contributed by atoms with Crippen LogP contribution in [0.5, 0.6) is 0 Å². The average Bonchev–Trinajstić information content (AvgIpc) is 1.72. The molecule has 0 N–H and O–H groups in total. The van der Waals surface area contributed by atoms with E-state index in [0.29, 0.717) is 0 Å². The normalized spacial score (nSPS) is 21.3. The predicted octanol–water partition coefficient (Wildman–Crippen LogP) is 1.19. The Labute approximate surface area is 41.8 Å². The molecule has 1 heterocycles. The van der Waals surface area contributed by atoms with E-state index in [9.17, 15) is 0 Å². The third-order valence-corrected chi connectivity index (χ3v) is 1.24. The SMILES string of the molecule is [C]1CCSC=N1. The summed E-state index contributed by atoms with van der Waals surface area (Å²) in [4.78, 5) is 3.77. The largest absolute Gasteiger partial charge is 0.274 e. The lowest BCUT2D eigenvalue weighted by Crippen LogP contribution is -1.84. The van der Waals surface area contributed by atoms with Gasteiger partial charge in [-0.1, -0.05) is 0 Å². The molecule has 0 atom stereocenters. The molecule has 0 amide bonds. The van der Waals surface area contributed by atoms with Gasteiger partial charge in [0.25, 0.3) is 0 Å². The van der Waals surface area contributed by atoms with E-state index in [1.165, 1.54) is 0 Å². The quantitative estimate of drug-likeness (QED) is 0.444. The lowest BCUT2D eigenvalue weighted by molar-refractivity contribution is 1.08. The van der Waals surface area contributed by atoms with Gasteiger partial charge >= 0.3 is 0 Å². The van der Waals surface area contributed by atoms with E-state index in [-0.39, 0.29) is 0 Å². The second kappa shape index (κ2) is 2.24. The summed E-state index contributed by atoms with van der Waals surface area (Å²) in [6, 6.07) is 0. The molecule has 32 valence electrons. The van der Waals surface area contributed by atoms with Gasteiger partial charge in [-0.15, -0.1) is 11.8 Å². The standard InChI is InChI=1S/C4H5NS/c1-2-5-4-6-3-1/h4H,1,3H2. The highest BCUT2D eigenvalue weighted by Gasteiger charge is 1.90. The Bertz CT molecular complexity index is 52.6. The van der Waals surface area contributed by atoms with E-state index >= 15 is 0 Å². The van der Waals surface area contributed by atoms with Crippen molar-refractivity contribution in [2.24, 2.45) is 4.99 Å². The average molecular weight is 99.2 g/mol. The molecule has 6 heavy (non-hydrogen) atoms. The van der Waals surface area contributed by atoms with Crippen LogP contribution in [0.1, 0.15) is 6.42 Å². The number of hydrogen-bond acceptors (Lipinski definition) is 2. The van der Waals surface area contributed by atoms with Gasteiger partial charge in [-0.05, 0) is 6.42 Å². The Morgan fingerprint density at radius 1 is 1.83 bits per heavy atom. The van der Waals surface area contributed by atoms with Crippen molar-refractivity contribution in [1.29, 1.82) is 0 Å². The third-order valence-electron chi connectivity index (χ3n) is 0.550. The molecular formula is C4H5NS. The van der Waals surface area contributed by atoms with Crippen LogP contribution in [-0.4, -0.2) is 11.3 Å². The summed E-state index contributed by atoms with van der Waals surface area (Å²) >= 11 is 1.74. The Balaban J connectivity index is 2.26. The molecule has 2 heteroatoms. The molecule has 2 radical (unpaired) electrons. The van der Waals surface area contributed by atoms with Crippen LogP contribution in [0.3, 0.4) is 0 Å². The molecule has 1 nitrogen and oxygen atoms in total. The first-order valence-corrected chi connectivity index (χ1v) is 2.91. The Hall–Kier alpha value is 0.0200. The molecule has 0 aromatic rings. The van der Waals surface area contributed by atoms with Crippen LogP contribution in [0.4, 0.5) is 0 Å². The number of hydrogen-bond donors (Lipinski definition) is 0. The number of thioether (sulfide) groups is 1. The monoisotopic (exact) mass is 99.0 g/mol. The lowest BCUT2D eigenvalue weighted by Gasteiger charge is -1.95. The number of aliphatic imine (C=N–C) groups is 1. The molecule has 0 bridgehead atoms. The summed E-state index contributed by atoms with van der Waals surface area (Å²) in [5.74, 6) is 1.16. The van der Waals surface area contributed by atoms with Gasteiger partial charge in [0.05, 0.1) is 5.55 Å². The van der Waals surface area contributed by atoms with Gasteiger partial charge in [0.2, 0.25) is 0 Å². The van der Waals surface area contributed by atoms with Crippen LogP contribution in [0.25, 0.3) is 0 Å². The zero-order valence-corrected chi connectivity index (χ0v) is 4.16. The highest BCUT2D eigenvalue weighted by atomic mass is 32.2. The molecular weight excluding hydrogens is 94.1 g/mol. The van der Waals surface area contributed by atoms with Crippen molar-refractivity contribution in [3.05, 3.63) is 6.54 Å². The Morgan fingerprint density at radius 2 is 2.83 bits per heavy atom. The van der Waals surface area contributed by atoms with Crippen molar-refractivity contribution in [3.63, 3.8) is 0 Å². The maximum absolute atomic E-state index is 3.77. The van der Waals surface area contributed by atoms with E-state index in [1.54, 1.807) is 11.8 Å². The zero-order valence-electron chi connectivity index (χ0n) is 3.35. The van der Waals surface area contributed by atoms with Crippen LogP contribution in [0, 0.1) is 6.54 Å². The summed E-state index contributed by atoms with van der Waals surface area (Å²) in [6.45, 7) is 2.83. The minimum absolute atomic E-state index is 1.02. The molecule has 1 aliphatic heterocycles. The zero-order chi connectivity index (χ0) is 4.24. The van der Waals surface area contributed by atoms with Crippen molar-refractivity contribution in [2.45, 2.75) is 6.42 Å². The van der Waals surface area contributed by atoms with Crippen LogP contribution < -0.4 is 0 Å². The fourth-order valence-electron chi connectivity index (χ4n) is 0.296. The molecule has 0 aromatic carbocycles. The minimum atomic E-state index is 1.02. The predicted molar refractivity (Wildman–Crippen MR) is 28.8 cm³/mol. The molecule has 0 fully saturated rings. The van der Waals surface area contributed by atoms with Gasteiger partial charge < -0.3 is 0 Å². The number of nitrogens with zero attached hydrogens (tertiary/aromatic N) is 1. The highest BCUT2D eigenvalue weighted by molar-refractivity contribution is 8.12. The maximum atomic E-state index is 3.77. The topological polar surface area (TPSA) is 12.4 Å².